The zero-order valence-electron chi connectivity index (χ0n) is 16.8. The average Bonchev–Trinajstić information content (AvgIpc) is 2.58. The number of hydrogen-bond acceptors (Lipinski definition) is 3. The van der Waals surface area contributed by atoms with Crippen LogP contribution in [0.25, 0.3) is 0 Å². The molecule has 1 aliphatic rings. The zero-order valence-corrected chi connectivity index (χ0v) is 17.8. The van der Waals surface area contributed by atoms with Crippen LogP contribution in [-0.4, -0.2) is 14.1 Å². The quantitative estimate of drug-likeness (QED) is 0.720. The molecule has 0 bridgehead atoms. The van der Waals surface area contributed by atoms with E-state index < -0.39 is 14.1 Å². The lowest BCUT2D eigenvalue weighted by Crippen LogP contribution is -2.66. The largest absolute Gasteiger partial charge is 0.509 e. The first-order valence-corrected chi connectivity index (χ1v) is 11.1. The van der Waals surface area contributed by atoms with Crippen LogP contribution in [0.3, 0.4) is 0 Å². The lowest BCUT2D eigenvalue weighted by molar-refractivity contribution is -0.194. The zero-order chi connectivity index (χ0) is 19.7. The fourth-order valence-corrected chi connectivity index (χ4v) is 7.95. The molecule has 0 atom stereocenters. The minimum absolute atomic E-state index is 0.135. The fourth-order valence-electron chi connectivity index (χ4n) is 3.62. The lowest BCUT2D eigenvalue weighted by atomic mass is 10.2. The van der Waals surface area contributed by atoms with E-state index in [0.29, 0.717) is 11.7 Å². The van der Waals surface area contributed by atoms with Crippen molar-refractivity contribution in [3.05, 3.63) is 85.0 Å². The third kappa shape index (κ3) is 3.81. The smallest absolute Gasteiger partial charge is 0.324 e. The summed E-state index contributed by atoms with van der Waals surface area (Å²) in [6.45, 7) is 14.4. The summed E-state index contributed by atoms with van der Waals surface area (Å²) in [4.78, 5) is 0. The SMILES string of the molecule is C=C1C=C(O[Si](c2ccccc2)(c2ccccc2)C(C)(C)C)OC(C)(C)O1. The second kappa shape index (κ2) is 6.93. The Kier molecular flexibility index (Phi) is 4.95. The van der Waals surface area contributed by atoms with E-state index in [1.807, 2.05) is 26.0 Å². The lowest BCUT2D eigenvalue weighted by Gasteiger charge is -2.44. The van der Waals surface area contributed by atoms with Gasteiger partial charge in [-0.05, 0) is 15.4 Å². The van der Waals surface area contributed by atoms with Crippen LogP contribution >= 0.6 is 0 Å². The van der Waals surface area contributed by atoms with Crippen LogP contribution in [0.15, 0.2) is 85.0 Å². The Morgan fingerprint density at radius 3 is 1.74 bits per heavy atom. The van der Waals surface area contributed by atoms with Gasteiger partial charge >= 0.3 is 8.32 Å². The van der Waals surface area contributed by atoms with Crippen molar-refractivity contribution in [2.45, 2.75) is 45.4 Å². The second-order valence-corrected chi connectivity index (χ2v) is 12.5. The highest BCUT2D eigenvalue weighted by Gasteiger charge is 2.53. The van der Waals surface area contributed by atoms with E-state index in [0.717, 1.165) is 0 Å². The number of ether oxygens (including phenoxy) is 2. The second-order valence-electron chi connectivity index (χ2n) is 8.30. The maximum Gasteiger partial charge on any atom is 0.324 e. The van der Waals surface area contributed by atoms with Gasteiger partial charge < -0.3 is 13.9 Å². The first-order valence-electron chi connectivity index (χ1n) is 9.23. The summed E-state index contributed by atoms with van der Waals surface area (Å²) in [6.07, 6.45) is 1.74. The van der Waals surface area contributed by atoms with E-state index >= 15 is 0 Å². The van der Waals surface area contributed by atoms with Crippen molar-refractivity contribution in [2.75, 3.05) is 0 Å². The summed E-state index contributed by atoms with van der Waals surface area (Å²) >= 11 is 0. The molecule has 0 saturated heterocycles. The van der Waals surface area contributed by atoms with Crippen molar-refractivity contribution < 1.29 is 13.9 Å². The third-order valence-electron chi connectivity index (χ3n) is 4.67. The molecular formula is C23H28O3Si. The summed E-state index contributed by atoms with van der Waals surface area (Å²) in [7, 11) is -2.72. The van der Waals surface area contributed by atoms with Gasteiger partial charge in [-0.2, -0.15) is 0 Å². The molecule has 3 rings (SSSR count). The van der Waals surface area contributed by atoms with Crippen molar-refractivity contribution in [3.8, 4) is 0 Å². The Labute approximate surface area is 163 Å². The molecule has 0 unspecified atom stereocenters. The van der Waals surface area contributed by atoms with Crippen LogP contribution in [0, 0.1) is 0 Å². The molecule has 3 nitrogen and oxygen atoms in total. The first-order chi connectivity index (χ1) is 12.6. The Hall–Kier alpha value is -2.46. The molecule has 1 aliphatic heterocycles. The van der Waals surface area contributed by atoms with Gasteiger partial charge in [-0.1, -0.05) is 88.0 Å². The Bertz CT molecular complexity index is 793. The van der Waals surface area contributed by atoms with Crippen LogP contribution < -0.4 is 10.4 Å². The van der Waals surface area contributed by atoms with E-state index in [4.69, 9.17) is 13.9 Å². The van der Waals surface area contributed by atoms with Crippen LogP contribution in [0.5, 0.6) is 0 Å². The number of hydrogen-bond donors (Lipinski definition) is 0. The molecule has 0 spiro atoms. The molecule has 2 aromatic rings. The van der Waals surface area contributed by atoms with E-state index in [-0.39, 0.29) is 5.04 Å². The normalized spacial score (nSPS) is 16.8. The number of benzene rings is 2. The van der Waals surface area contributed by atoms with Gasteiger partial charge in [-0.3, -0.25) is 0 Å². The van der Waals surface area contributed by atoms with Gasteiger partial charge in [0.05, 0.1) is 6.08 Å². The predicted octanol–water partition coefficient (Wildman–Crippen LogP) is 4.70. The van der Waals surface area contributed by atoms with Gasteiger partial charge in [0, 0.05) is 13.8 Å². The molecular weight excluding hydrogens is 352 g/mol. The Balaban J connectivity index is 2.20. The summed E-state index contributed by atoms with van der Waals surface area (Å²) in [5.74, 6) is 0.191. The van der Waals surface area contributed by atoms with Crippen molar-refractivity contribution >= 4 is 18.7 Å². The van der Waals surface area contributed by atoms with Gasteiger partial charge in [-0.25, -0.2) is 0 Å². The molecule has 1 heterocycles. The summed E-state index contributed by atoms with van der Waals surface area (Å²) < 4.78 is 18.5. The van der Waals surface area contributed by atoms with E-state index in [1.165, 1.54) is 10.4 Å². The number of allylic oxidation sites excluding steroid dienone is 1. The molecule has 0 N–H and O–H groups in total. The maximum atomic E-state index is 6.86. The topological polar surface area (TPSA) is 27.7 Å². The van der Waals surface area contributed by atoms with Crippen LogP contribution in [0.4, 0.5) is 0 Å². The third-order valence-corrected chi connectivity index (χ3v) is 9.59. The molecule has 0 saturated carbocycles. The minimum Gasteiger partial charge on any atom is -0.509 e. The highest BCUT2D eigenvalue weighted by Crippen LogP contribution is 2.40. The molecule has 0 aliphatic carbocycles. The van der Waals surface area contributed by atoms with Crippen molar-refractivity contribution in [2.24, 2.45) is 0 Å². The number of rotatable bonds is 4. The minimum atomic E-state index is -2.72. The summed E-state index contributed by atoms with van der Waals surface area (Å²) in [5.41, 5.74) is 0. The molecule has 0 fully saturated rings. The highest BCUT2D eigenvalue weighted by molar-refractivity contribution is 6.99. The molecule has 4 heteroatoms. The molecule has 2 aromatic carbocycles. The standard InChI is InChI=1S/C23H28O3Si/c1-18-17-21(25-23(5,6)24-18)26-27(22(2,3)4,19-13-9-7-10-14-19)20-15-11-8-12-16-20/h7-17H,1H2,2-6H3. The molecule has 0 amide bonds. The molecule has 27 heavy (non-hydrogen) atoms. The fraction of sp³-hybridized carbons (Fsp3) is 0.304. The van der Waals surface area contributed by atoms with Gasteiger partial charge in [0.1, 0.15) is 5.76 Å². The van der Waals surface area contributed by atoms with Gasteiger partial charge in [0.2, 0.25) is 5.79 Å². The molecule has 142 valence electrons. The van der Waals surface area contributed by atoms with Gasteiger partial charge in [-0.15, -0.1) is 0 Å². The van der Waals surface area contributed by atoms with E-state index in [1.54, 1.807) is 6.08 Å². The Morgan fingerprint density at radius 1 is 0.852 bits per heavy atom. The van der Waals surface area contributed by atoms with Gasteiger partial charge in [0.25, 0.3) is 5.95 Å². The Morgan fingerprint density at radius 2 is 1.33 bits per heavy atom. The van der Waals surface area contributed by atoms with E-state index in [9.17, 15) is 0 Å². The van der Waals surface area contributed by atoms with Gasteiger partial charge in [0.15, 0.2) is 0 Å². The van der Waals surface area contributed by atoms with Crippen LogP contribution in [0.1, 0.15) is 34.6 Å². The molecule has 0 radical (unpaired) electrons. The van der Waals surface area contributed by atoms with Crippen LogP contribution in [0.2, 0.25) is 5.04 Å². The first kappa shape index (κ1) is 19.3. The van der Waals surface area contributed by atoms with Crippen molar-refractivity contribution in [1.29, 1.82) is 0 Å². The summed E-state index contributed by atoms with van der Waals surface area (Å²) in [6, 6.07) is 21.0. The average molecular weight is 381 g/mol. The maximum absolute atomic E-state index is 6.86. The van der Waals surface area contributed by atoms with Crippen molar-refractivity contribution in [1.82, 2.24) is 0 Å². The summed E-state index contributed by atoms with van der Waals surface area (Å²) in [5, 5.41) is 2.26. The van der Waals surface area contributed by atoms with Crippen LogP contribution in [-0.2, 0) is 13.9 Å². The predicted molar refractivity (Wildman–Crippen MR) is 112 cm³/mol. The molecule has 0 aromatic heterocycles. The van der Waals surface area contributed by atoms with Crippen molar-refractivity contribution in [3.63, 3.8) is 0 Å². The highest BCUT2D eigenvalue weighted by atomic mass is 28.4. The monoisotopic (exact) mass is 380 g/mol. The van der Waals surface area contributed by atoms with E-state index in [2.05, 4.69) is 75.9 Å².